The largest absolute Gasteiger partial charge is 0.497 e. The molecule has 0 atom stereocenters. The first-order valence-electron chi connectivity index (χ1n) is 11.6. The Hall–Kier alpha value is -4.91. The third kappa shape index (κ3) is 6.41. The number of ether oxygens (including phenoxy) is 3. The highest BCUT2D eigenvalue weighted by Crippen LogP contribution is 2.27. The van der Waals surface area contributed by atoms with Crippen LogP contribution in [-0.4, -0.2) is 31.8 Å². The molecule has 7 nitrogen and oxygen atoms in total. The summed E-state index contributed by atoms with van der Waals surface area (Å²) in [6, 6.07) is 25.3. The van der Waals surface area contributed by atoms with E-state index in [1.807, 2.05) is 48.5 Å². The molecule has 0 fully saturated rings. The summed E-state index contributed by atoms with van der Waals surface area (Å²) in [4.78, 5) is 25.2. The van der Waals surface area contributed by atoms with Gasteiger partial charge in [0.2, 0.25) is 0 Å². The number of allylic oxidation sites excluding steroid dienone is 1. The minimum Gasteiger partial charge on any atom is -0.497 e. The average molecular weight is 495 g/mol. The molecule has 0 saturated carbocycles. The Labute approximate surface area is 215 Å². The van der Waals surface area contributed by atoms with E-state index in [1.165, 1.54) is 6.21 Å². The maximum Gasteiger partial charge on any atom is 0.343 e. The second kappa shape index (κ2) is 12.2. The van der Waals surface area contributed by atoms with Crippen LogP contribution in [0.5, 0.6) is 17.2 Å². The number of carbonyl (C=O) groups is 2. The summed E-state index contributed by atoms with van der Waals surface area (Å²) >= 11 is 0. The van der Waals surface area contributed by atoms with Crippen LogP contribution < -0.4 is 19.6 Å². The zero-order valence-corrected chi connectivity index (χ0v) is 20.3. The van der Waals surface area contributed by atoms with Crippen molar-refractivity contribution in [2.75, 3.05) is 13.7 Å². The lowest BCUT2D eigenvalue weighted by molar-refractivity contribution is -0.123. The quantitative estimate of drug-likeness (QED) is 0.106. The van der Waals surface area contributed by atoms with Gasteiger partial charge in [-0.25, -0.2) is 10.2 Å². The SMILES string of the molecule is C=CCc1ccccc1OCC(=O)NN=Cc1c(OC(=O)c2ccc(OC)cc2)ccc2ccccc12. The average Bonchev–Trinajstić information content (AvgIpc) is 2.93. The molecular formula is C30H26N2O5. The number of methoxy groups -OCH3 is 1. The van der Waals surface area contributed by atoms with E-state index in [-0.39, 0.29) is 6.61 Å². The summed E-state index contributed by atoms with van der Waals surface area (Å²) in [5, 5.41) is 5.84. The van der Waals surface area contributed by atoms with E-state index in [1.54, 1.807) is 49.6 Å². The number of hydrazone groups is 1. The molecule has 0 aliphatic heterocycles. The van der Waals surface area contributed by atoms with Crippen molar-refractivity contribution in [1.29, 1.82) is 0 Å². The Bertz CT molecular complexity index is 1440. The van der Waals surface area contributed by atoms with Crippen molar-refractivity contribution < 1.29 is 23.8 Å². The summed E-state index contributed by atoms with van der Waals surface area (Å²) < 4.78 is 16.5. The molecule has 0 unspecified atom stereocenters. The number of hydrogen-bond acceptors (Lipinski definition) is 6. The Balaban J connectivity index is 1.49. The van der Waals surface area contributed by atoms with E-state index >= 15 is 0 Å². The van der Waals surface area contributed by atoms with Crippen LogP contribution in [0.2, 0.25) is 0 Å². The zero-order valence-electron chi connectivity index (χ0n) is 20.3. The Morgan fingerprint density at radius 2 is 1.68 bits per heavy atom. The predicted octanol–water partition coefficient (Wildman–Crippen LogP) is 5.33. The standard InChI is InChI=1S/C30H26N2O5/c1-3-8-22-10-5-7-12-27(22)36-20-29(33)32-31-19-26-25-11-6-4-9-21(25)15-18-28(26)37-30(34)23-13-16-24(35-2)17-14-23/h3-7,9-19H,1,8,20H2,2H3,(H,32,33). The minimum absolute atomic E-state index is 0.208. The molecule has 4 aromatic carbocycles. The van der Waals surface area contributed by atoms with Gasteiger partial charge in [0, 0.05) is 5.56 Å². The molecule has 1 N–H and O–H groups in total. The first kappa shape index (κ1) is 25.2. The van der Waals surface area contributed by atoms with Gasteiger partial charge in [0.25, 0.3) is 5.91 Å². The number of carbonyl (C=O) groups excluding carboxylic acids is 2. The van der Waals surface area contributed by atoms with Crippen molar-refractivity contribution in [2.24, 2.45) is 5.10 Å². The molecule has 0 spiro atoms. The van der Waals surface area contributed by atoms with Crippen LogP contribution in [0.25, 0.3) is 10.8 Å². The second-order valence-electron chi connectivity index (χ2n) is 8.00. The predicted molar refractivity (Wildman–Crippen MR) is 143 cm³/mol. The van der Waals surface area contributed by atoms with E-state index in [4.69, 9.17) is 14.2 Å². The van der Waals surface area contributed by atoms with Crippen molar-refractivity contribution in [1.82, 2.24) is 5.43 Å². The topological polar surface area (TPSA) is 86.2 Å². The van der Waals surface area contributed by atoms with Gasteiger partial charge in [-0.2, -0.15) is 5.10 Å². The normalized spacial score (nSPS) is 10.7. The van der Waals surface area contributed by atoms with Crippen molar-refractivity contribution in [2.45, 2.75) is 6.42 Å². The molecule has 0 aliphatic carbocycles. The van der Waals surface area contributed by atoms with Crippen molar-refractivity contribution in [3.63, 3.8) is 0 Å². The van der Waals surface area contributed by atoms with Crippen molar-refractivity contribution >= 4 is 28.9 Å². The maximum atomic E-state index is 12.8. The summed E-state index contributed by atoms with van der Waals surface area (Å²) in [7, 11) is 1.56. The van der Waals surface area contributed by atoms with Gasteiger partial charge in [-0.3, -0.25) is 4.79 Å². The van der Waals surface area contributed by atoms with Gasteiger partial charge < -0.3 is 14.2 Å². The van der Waals surface area contributed by atoms with Gasteiger partial charge in [-0.1, -0.05) is 54.6 Å². The summed E-state index contributed by atoms with van der Waals surface area (Å²) in [5.74, 6) is 0.610. The second-order valence-corrected chi connectivity index (χ2v) is 8.00. The first-order valence-corrected chi connectivity index (χ1v) is 11.6. The van der Waals surface area contributed by atoms with Crippen LogP contribution in [0.1, 0.15) is 21.5 Å². The molecule has 1 amide bonds. The molecule has 0 heterocycles. The van der Waals surface area contributed by atoms with Crippen molar-refractivity contribution in [3.8, 4) is 17.2 Å². The highest BCUT2D eigenvalue weighted by atomic mass is 16.5. The summed E-state index contributed by atoms with van der Waals surface area (Å²) in [6.45, 7) is 3.53. The van der Waals surface area contributed by atoms with Gasteiger partial charge in [0.05, 0.1) is 18.9 Å². The molecule has 0 bridgehead atoms. The molecule has 186 valence electrons. The van der Waals surface area contributed by atoms with E-state index in [0.717, 1.165) is 16.3 Å². The number of hydrogen-bond donors (Lipinski definition) is 1. The van der Waals surface area contributed by atoms with Gasteiger partial charge in [-0.15, -0.1) is 6.58 Å². The molecule has 7 heteroatoms. The van der Waals surface area contributed by atoms with Crippen LogP contribution in [0, 0.1) is 0 Å². The third-order valence-electron chi connectivity index (χ3n) is 5.54. The van der Waals surface area contributed by atoms with Crippen molar-refractivity contribution in [3.05, 3.63) is 114 Å². The number of amides is 1. The fraction of sp³-hybridized carbons (Fsp3) is 0.100. The van der Waals surface area contributed by atoms with E-state index in [2.05, 4.69) is 17.1 Å². The van der Waals surface area contributed by atoms with Gasteiger partial charge in [-0.05, 0) is 59.2 Å². The molecule has 0 saturated heterocycles. The van der Waals surface area contributed by atoms with Crippen LogP contribution in [0.3, 0.4) is 0 Å². The molecule has 4 rings (SSSR count). The molecule has 0 aromatic heterocycles. The van der Waals surface area contributed by atoms with Crippen LogP contribution in [-0.2, 0) is 11.2 Å². The van der Waals surface area contributed by atoms with Crippen LogP contribution in [0.4, 0.5) is 0 Å². The lowest BCUT2D eigenvalue weighted by Crippen LogP contribution is -2.25. The fourth-order valence-electron chi connectivity index (χ4n) is 3.70. The minimum atomic E-state index is -0.525. The van der Waals surface area contributed by atoms with Crippen LogP contribution >= 0.6 is 0 Å². The highest BCUT2D eigenvalue weighted by molar-refractivity contribution is 6.04. The third-order valence-corrected chi connectivity index (χ3v) is 5.54. The molecule has 0 aliphatic rings. The smallest absolute Gasteiger partial charge is 0.343 e. The number of nitrogens with one attached hydrogen (secondary N) is 1. The summed E-state index contributed by atoms with van der Waals surface area (Å²) in [6.07, 6.45) is 3.87. The number of para-hydroxylation sites is 1. The Morgan fingerprint density at radius 1 is 0.919 bits per heavy atom. The lowest BCUT2D eigenvalue weighted by Gasteiger charge is -2.11. The maximum absolute atomic E-state index is 12.8. The van der Waals surface area contributed by atoms with E-state index in [0.29, 0.717) is 34.8 Å². The number of benzene rings is 4. The molecule has 4 aromatic rings. The number of nitrogens with zero attached hydrogens (tertiary/aromatic N) is 1. The van der Waals surface area contributed by atoms with Gasteiger partial charge >= 0.3 is 5.97 Å². The lowest BCUT2D eigenvalue weighted by atomic mass is 10.0. The van der Waals surface area contributed by atoms with Crippen LogP contribution in [0.15, 0.2) is 103 Å². The Morgan fingerprint density at radius 3 is 2.46 bits per heavy atom. The molecular weight excluding hydrogens is 468 g/mol. The van der Waals surface area contributed by atoms with E-state index in [9.17, 15) is 9.59 Å². The molecule has 37 heavy (non-hydrogen) atoms. The fourth-order valence-corrected chi connectivity index (χ4v) is 3.70. The zero-order chi connectivity index (χ0) is 26.0. The van der Waals surface area contributed by atoms with E-state index < -0.39 is 11.9 Å². The summed E-state index contributed by atoms with van der Waals surface area (Å²) in [5.41, 5.74) is 4.34. The first-order chi connectivity index (χ1) is 18.1. The monoisotopic (exact) mass is 494 g/mol. The van der Waals surface area contributed by atoms with Gasteiger partial charge in [0.15, 0.2) is 6.61 Å². The highest BCUT2D eigenvalue weighted by Gasteiger charge is 2.14. The Kier molecular flexibility index (Phi) is 8.29. The molecule has 0 radical (unpaired) electrons. The number of fused-ring (bicyclic) bond motifs is 1. The number of esters is 1. The number of rotatable bonds is 10. The van der Waals surface area contributed by atoms with Gasteiger partial charge in [0.1, 0.15) is 17.2 Å².